The van der Waals surface area contributed by atoms with E-state index < -0.39 is 34.9 Å². The third-order valence-corrected chi connectivity index (χ3v) is 7.28. The van der Waals surface area contributed by atoms with Crippen LogP contribution in [0, 0.1) is 22.9 Å². The molecule has 3 atom stereocenters. The Morgan fingerprint density at radius 1 is 1.19 bits per heavy atom. The molecule has 0 radical (unpaired) electrons. The molecule has 9 heteroatoms. The van der Waals surface area contributed by atoms with Crippen molar-refractivity contribution in [3.05, 3.63) is 71.2 Å². The number of carboxylic acid groups (broad SMARTS) is 1. The third-order valence-electron chi connectivity index (χ3n) is 7.28. The monoisotopic (exact) mass is 502 g/mol. The van der Waals surface area contributed by atoms with Crippen LogP contribution >= 0.6 is 0 Å². The van der Waals surface area contributed by atoms with Gasteiger partial charge in [0, 0.05) is 23.5 Å². The Morgan fingerprint density at radius 2 is 1.97 bits per heavy atom. The Hall–Kier alpha value is -3.17. The van der Waals surface area contributed by atoms with E-state index in [-0.39, 0.29) is 43.0 Å². The van der Waals surface area contributed by atoms with E-state index in [2.05, 4.69) is 4.98 Å². The summed E-state index contributed by atoms with van der Waals surface area (Å²) in [6.45, 7) is 2.51. The molecule has 0 saturated carbocycles. The molecule has 3 aromatic rings. The molecule has 2 aromatic carbocycles. The van der Waals surface area contributed by atoms with Crippen LogP contribution in [0.1, 0.15) is 43.4 Å². The van der Waals surface area contributed by atoms with Crippen molar-refractivity contribution < 1.29 is 32.9 Å². The second kappa shape index (κ2) is 10.4. The number of aromatic nitrogens is 1. The molecule has 1 aromatic heterocycles. The third kappa shape index (κ3) is 5.17. The highest BCUT2D eigenvalue weighted by Gasteiger charge is 2.46. The predicted octanol–water partition coefficient (Wildman–Crippen LogP) is 4.88. The first-order chi connectivity index (χ1) is 17.1. The van der Waals surface area contributed by atoms with Gasteiger partial charge in [0.05, 0.1) is 30.3 Å². The molecule has 2 N–H and O–H groups in total. The molecule has 1 saturated heterocycles. The van der Waals surface area contributed by atoms with Gasteiger partial charge < -0.3 is 14.9 Å². The van der Waals surface area contributed by atoms with Gasteiger partial charge >= 0.3 is 5.97 Å². The van der Waals surface area contributed by atoms with Gasteiger partial charge in [0.25, 0.3) is 0 Å². The summed E-state index contributed by atoms with van der Waals surface area (Å²) in [7, 11) is 1.48. The minimum Gasteiger partial charge on any atom is -0.497 e. The quantitative estimate of drug-likeness (QED) is 0.434. The summed E-state index contributed by atoms with van der Waals surface area (Å²) in [5.41, 5.74) is -0.359. The van der Waals surface area contributed by atoms with Gasteiger partial charge in [-0.1, -0.05) is 0 Å². The second-order valence-electron chi connectivity index (χ2n) is 9.55. The van der Waals surface area contributed by atoms with Crippen molar-refractivity contribution in [1.29, 1.82) is 0 Å². The van der Waals surface area contributed by atoms with Crippen molar-refractivity contribution in [3.63, 3.8) is 0 Å². The average Bonchev–Trinajstić information content (AvgIpc) is 3.30. The number of halogens is 3. The largest absolute Gasteiger partial charge is 0.497 e. The average molecular weight is 503 g/mol. The fraction of sp³-hybridized carbons (Fsp3) is 0.407. The number of carboxylic acids is 1. The van der Waals surface area contributed by atoms with E-state index >= 15 is 0 Å². The van der Waals surface area contributed by atoms with Crippen LogP contribution in [0.5, 0.6) is 5.75 Å². The van der Waals surface area contributed by atoms with E-state index in [4.69, 9.17) is 4.74 Å². The number of nitrogens with zero attached hydrogens (tertiary/aromatic N) is 2. The molecule has 36 heavy (non-hydrogen) atoms. The zero-order valence-electron chi connectivity index (χ0n) is 20.2. The summed E-state index contributed by atoms with van der Waals surface area (Å²) in [5.74, 6) is -2.21. The Labute approximate surface area is 207 Å². The molecule has 192 valence electrons. The van der Waals surface area contributed by atoms with Crippen LogP contribution in [0.4, 0.5) is 13.2 Å². The number of fused-ring (bicyclic) bond motifs is 1. The minimum absolute atomic E-state index is 0.0281. The maximum atomic E-state index is 14.8. The molecule has 1 aliphatic heterocycles. The fourth-order valence-corrected chi connectivity index (χ4v) is 5.10. The Kier molecular flexibility index (Phi) is 7.51. The molecular formula is C27H29F3N2O4. The lowest BCUT2D eigenvalue weighted by atomic mass is 9.80. The maximum Gasteiger partial charge on any atom is 0.310 e. The van der Waals surface area contributed by atoms with Gasteiger partial charge in [-0.15, -0.1) is 0 Å². The zero-order valence-corrected chi connectivity index (χ0v) is 20.2. The highest BCUT2D eigenvalue weighted by molar-refractivity contribution is 5.84. The summed E-state index contributed by atoms with van der Waals surface area (Å²) < 4.78 is 47.6. The molecule has 2 heterocycles. The van der Waals surface area contributed by atoms with Crippen LogP contribution in [0.25, 0.3) is 10.9 Å². The van der Waals surface area contributed by atoms with Crippen molar-refractivity contribution in [3.8, 4) is 5.75 Å². The normalized spacial score (nSPS) is 19.9. The molecule has 3 unspecified atom stereocenters. The van der Waals surface area contributed by atoms with E-state index in [1.54, 1.807) is 18.2 Å². The number of methoxy groups -OCH3 is 1. The zero-order chi connectivity index (χ0) is 26.0. The molecule has 6 nitrogen and oxygen atoms in total. The predicted molar refractivity (Wildman–Crippen MR) is 128 cm³/mol. The molecule has 0 spiro atoms. The van der Waals surface area contributed by atoms with Gasteiger partial charge in [-0.3, -0.25) is 14.7 Å². The minimum atomic E-state index is -1.24. The fourth-order valence-electron chi connectivity index (χ4n) is 5.10. The lowest BCUT2D eigenvalue weighted by Gasteiger charge is -2.29. The van der Waals surface area contributed by atoms with Gasteiger partial charge in [-0.05, 0) is 81.1 Å². The lowest BCUT2D eigenvalue weighted by Crippen LogP contribution is -2.39. The van der Waals surface area contributed by atoms with E-state index in [1.165, 1.54) is 7.11 Å². The Balaban J connectivity index is 1.49. The van der Waals surface area contributed by atoms with Crippen LogP contribution in [-0.2, 0) is 11.2 Å². The summed E-state index contributed by atoms with van der Waals surface area (Å²) >= 11 is 0. The van der Waals surface area contributed by atoms with Crippen LogP contribution in [0.15, 0.2) is 42.6 Å². The number of hydrogen-bond donors (Lipinski definition) is 2. The first-order valence-corrected chi connectivity index (χ1v) is 11.8. The van der Waals surface area contributed by atoms with E-state index in [1.807, 2.05) is 11.8 Å². The second-order valence-corrected chi connectivity index (χ2v) is 9.55. The van der Waals surface area contributed by atoms with E-state index in [0.717, 1.165) is 24.4 Å². The number of aliphatic carboxylic acids is 1. The summed E-state index contributed by atoms with van der Waals surface area (Å²) in [5, 5.41) is 21.5. The molecule has 4 rings (SSSR count). The van der Waals surface area contributed by atoms with Crippen LogP contribution in [-0.4, -0.2) is 52.3 Å². The molecule has 0 aliphatic carbocycles. The highest BCUT2D eigenvalue weighted by atomic mass is 19.1. The summed E-state index contributed by atoms with van der Waals surface area (Å²) in [4.78, 5) is 18.3. The number of aliphatic hydroxyl groups excluding tert-OH is 1. The SMILES string of the molecule is COc1ccc2ncc(F)c(C(O)CCC3(C(=O)O)CCN(C(C)Cc4cc(F)ccc4F)C3)c2c1. The van der Waals surface area contributed by atoms with Gasteiger partial charge in [-0.25, -0.2) is 13.2 Å². The summed E-state index contributed by atoms with van der Waals surface area (Å²) in [6, 6.07) is 8.04. The van der Waals surface area contributed by atoms with Crippen LogP contribution in [0.3, 0.4) is 0 Å². The molecule has 1 aliphatic rings. The number of hydrogen-bond acceptors (Lipinski definition) is 5. The molecule has 0 amide bonds. The van der Waals surface area contributed by atoms with Crippen molar-refractivity contribution in [2.24, 2.45) is 5.41 Å². The highest BCUT2D eigenvalue weighted by Crippen LogP contribution is 2.40. The van der Waals surface area contributed by atoms with Crippen molar-refractivity contribution in [1.82, 2.24) is 9.88 Å². The number of pyridine rings is 1. The van der Waals surface area contributed by atoms with Gasteiger partial charge in [0.1, 0.15) is 23.2 Å². The smallest absolute Gasteiger partial charge is 0.310 e. The van der Waals surface area contributed by atoms with E-state index in [0.29, 0.717) is 29.6 Å². The first-order valence-electron chi connectivity index (χ1n) is 11.8. The summed E-state index contributed by atoms with van der Waals surface area (Å²) in [6.07, 6.45) is 0.516. The number of rotatable bonds is 9. The maximum absolute atomic E-state index is 14.8. The van der Waals surface area contributed by atoms with Gasteiger partial charge in [0.15, 0.2) is 0 Å². The number of ether oxygens (including phenoxy) is 1. The number of carbonyl (C=O) groups is 1. The van der Waals surface area contributed by atoms with Gasteiger partial charge in [-0.2, -0.15) is 0 Å². The van der Waals surface area contributed by atoms with Gasteiger partial charge in [0.2, 0.25) is 0 Å². The van der Waals surface area contributed by atoms with Crippen LogP contribution in [0.2, 0.25) is 0 Å². The standard InChI is InChI=1S/C27H29F3N2O4/c1-16(11-17-12-18(28)3-5-21(17)29)32-10-9-27(15-32,26(34)35)8-7-24(33)25-20-13-19(36-2)4-6-23(20)31-14-22(25)30/h3-6,12-14,16,24,33H,7-11,15H2,1-2H3,(H,34,35). The Bertz CT molecular complexity index is 1270. The first kappa shape index (κ1) is 25.9. The van der Waals surface area contributed by atoms with Crippen molar-refractivity contribution in [2.75, 3.05) is 20.2 Å². The topological polar surface area (TPSA) is 82.9 Å². The van der Waals surface area contributed by atoms with Crippen LogP contribution < -0.4 is 4.74 Å². The number of aliphatic hydroxyl groups is 1. The number of benzene rings is 2. The number of likely N-dealkylation sites (tertiary alicyclic amines) is 1. The van der Waals surface area contributed by atoms with Crippen molar-refractivity contribution in [2.45, 2.75) is 44.8 Å². The lowest BCUT2D eigenvalue weighted by molar-refractivity contribution is -0.149. The molecule has 1 fully saturated rings. The molecular weight excluding hydrogens is 473 g/mol. The molecule has 0 bridgehead atoms. The van der Waals surface area contributed by atoms with Crippen molar-refractivity contribution >= 4 is 16.9 Å². The van der Waals surface area contributed by atoms with E-state index in [9.17, 15) is 28.2 Å². The Morgan fingerprint density at radius 3 is 2.69 bits per heavy atom.